The monoisotopic (exact) mass is 231 g/mol. The van der Waals surface area contributed by atoms with E-state index in [9.17, 15) is 13.2 Å². The molecule has 0 amide bonds. The maximum Gasteiger partial charge on any atom is 0.403 e. The summed E-state index contributed by atoms with van der Waals surface area (Å²) in [7, 11) is 0. The Morgan fingerprint density at radius 3 is 2.46 bits per heavy atom. The van der Waals surface area contributed by atoms with Gasteiger partial charge < -0.3 is 5.73 Å². The van der Waals surface area contributed by atoms with Gasteiger partial charge in [0.25, 0.3) is 0 Å². The molecule has 0 aliphatic carbocycles. The van der Waals surface area contributed by atoms with Crippen LogP contribution in [-0.4, -0.2) is 12.2 Å². The van der Waals surface area contributed by atoms with Crippen LogP contribution in [0.2, 0.25) is 0 Å². The second-order valence-corrected chi connectivity index (χ2v) is 3.26. The van der Waals surface area contributed by atoms with Gasteiger partial charge in [0.15, 0.2) is 0 Å². The molecule has 0 spiro atoms. The summed E-state index contributed by atoms with van der Waals surface area (Å²) in [5.74, 6) is 0. The van der Waals surface area contributed by atoms with Crippen molar-refractivity contribution in [1.82, 2.24) is 0 Å². The number of hydrogen-bond donors (Lipinski definition) is 1. The Labute approximate surface area is 84.2 Å². The zero-order valence-electron chi connectivity index (χ0n) is 6.54. The quantitative estimate of drug-likeness (QED) is 0.832. The third kappa shape index (κ3) is 3.97. The SMILES string of the molecule is Cl.NC(Cc1ccsc1)C(F)(F)F. The van der Waals surface area contributed by atoms with Gasteiger partial charge in [0, 0.05) is 0 Å². The molecule has 0 aliphatic heterocycles. The number of alkyl halides is 3. The second kappa shape index (κ2) is 4.83. The molecule has 0 aromatic carbocycles. The molecule has 0 radical (unpaired) electrons. The Hall–Kier alpha value is -0.260. The summed E-state index contributed by atoms with van der Waals surface area (Å²) < 4.78 is 35.8. The average Bonchev–Trinajstić information content (AvgIpc) is 2.37. The molecule has 0 bridgehead atoms. The molecule has 1 heterocycles. The zero-order chi connectivity index (χ0) is 9.19. The molecule has 76 valence electrons. The lowest BCUT2D eigenvalue weighted by atomic mass is 10.1. The first-order valence-electron chi connectivity index (χ1n) is 3.33. The maximum atomic E-state index is 11.9. The molecule has 0 saturated carbocycles. The van der Waals surface area contributed by atoms with E-state index >= 15 is 0 Å². The molecule has 2 N–H and O–H groups in total. The van der Waals surface area contributed by atoms with E-state index in [4.69, 9.17) is 5.73 Å². The summed E-state index contributed by atoms with van der Waals surface area (Å²) in [6.45, 7) is 0. The van der Waals surface area contributed by atoms with Crippen molar-refractivity contribution in [3.05, 3.63) is 22.4 Å². The van der Waals surface area contributed by atoms with E-state index < -0.39 is 12.2 Å². The van der Waals surface area contributed by atoms with Crippen molar-refractivity contribution in [3.63, 3.8) is 0 Å². The lowest BCUT2D eigenvalue weighted by molar-refractivity contribution is -0.147. The van der Waals surface area contributed by atoms with Gasteiger partial charge in [-0.1, -0.05) is 0 Å². The van der Waals surface area contributed by atoms with E-state index in [1.165, 1.54) is 11.3 Å². The van der Waals surface area contributed by atoms with Gasteiger partial charge in [-0.25, -0.2) is 0 Å². The Kier molecular flexibility index (Phi) is 4.74. The van der Waals surface area contributed by atoms with Gasteiger partial charge in [0.1, 0.15) is 6.04 Å². The Bertz CT molecular complexity index is 234. The number of nitrogens with two attached hydrogens (primary N) is 1. The fourth-order valence-corrected chi connectivity index (χ4v) is 1.46. The normalized spacial score (nSPS) is 13.5. The van der Waals surface area contributed by atoms with Gasteiger partial charge in [-0.3, -0.25) is 0 Å². The van der Waals surface area contributed by atoms with Crippen LogP contribution in [-0.2, 0) is 6.42 Å². The standard InChI is InChI=1S/C7H8F3NS.ClH/c8-7(9,10)6(11)3-5-1-2-12-4-5;/h1-2,4,6H,3,11H2;1H. The van der Waals surface area contributed by atoms with Crippen molar-refractivity contribution in [3.8, 4) is 0 Å². The van der Waals surface area contributed by atoms with Crippen LogP contribution in [0.15, 0.2) is 16.8 Å². The van der Waals surface area contributed by atoms with E-state index in [0.29, 0.717) is 5.56 Å². The molecule has 0 saturated heterocycles. The average molecular weight is 232 g/mol. The van der Waals surface area contributed by atoms with Crippen molar-refractivity contribution in [2.45, 2.75) is 18.6 Å². The van der Waals surface area contributed by atoms with Crippen molar-refractivity contribution in [1.29, 1.82) is 0 Å². The van der Waals surface area contributed by atoms with Crippen LogP contribution in [0.1, 0.15) is 5.56 Å². The lowest BCUT2D eigenvalue weighted by Crippen LogP contribution is -2.38. The summed E-state index contributed by atoms with van der Waals surface area (Å²) in [5, 5.41) is 3.41. The van der Waals surface area contributed by atoms with E-state index in [-0.39, 0.29) is 18.8 Å². The fraction of sp³-hybridized carbons (Fsp3) is 0.429. The topological polar surface area (TPSA) is 26.0 Å². The molecule has 1 aromatic rings. The van der Waals surface area contributed by atoms with E-state index in [0.717, 1.165) is 0 Å². The maximum absolute atomic E-state index is 11.9. The van der Waals surface area contributed by atoms with Gasteiger partial charge in [-0.05, 0) is 28.8 Å². The second-order valence-electron chi connectivity index (χ2n) is 2.48. The molecule has 13 heavy (non-hydrogen) atoms. The number of rotatable bonds is 2. The van der Waals surface area contributed by atoms with Crippen LogP contribution >= 0.6 is 23.7 Å². The smallest absolute Gasteiger partial charge is 0.320 e. The number of thiophene rings is 1. The van der Waals surface area contributed by atoms with Crippen LogP contribution in [0.4, 0.5) is 13.2 Å². The first-order valence-corrected chi connectivity index (χ1v) is 4.28. The minimum Gasteiger partial charge on any atom is -0.320 e. The predicted molar refractivity (Wildman–Crippen MR) is 49.3 cm³/mol. The van der Waals surface area contributed by atoms with Crippen molar-refractivity contribution in [2.24, 2.45) is 5.73 Å². The molecule has 1 nitrogen and oxygen atoms in total. The first-order chi connectivity index (χ1) is 5.50. The summed E-state index contributed by atoms with van der Waals surface area (Å²) in [6, 6.07) is -0.0944. The Morgan fingerprint density at radius 2 is 2.08 bits per heavy atom. The van der Waals surface area contributed by atoms with E-state index in [1.54, 1.807) is 16.8 Å². The highest BCUT2D eigenvalue weighted by Crippen LogP contribution is 2.21. The molecule has 0 aliphatic rings. The van der Waals surface area contributed by atoms with Crippen molar-refractivity contribution in [2.75, 3.05) is 0 Å². The lowest BCUT2D eigenvalue weighted by Gasteiger charge is -2.14. The molecule has 0 fully saturated rings. The van der Waals surface area contributed by atoms with Crippen LogP contribution in [0.25, 0.3) is 0 Å². The molecule has 1 rings (SSSR count). The third-order valence-electron chi connectivity index (χ3n) is 1.46. The minimum absolute atomic E-state index is 0. The highest BCUT2D eigenvalue weighted by molar-refractivity contribution is 7.07. The fourth-order valence-electron chi connectivity index (χ4n) is 0.778. The van der Waals surface area contributed by atoms with Gasteiger partial charge in [-0.2, -0.15) is 24.5 Å². The van der Waals surface area contributed by atoms with E-state index in [2.05, 4.69) is 0 Å². The molecule has 1 aromatic heterocycles. The van der Waals surface area contributed by atoms with Crippen LogP contribution in [0.3, 0.4) is 0 Å². The van der Waals surface area contributed by atoms with Gasteiger partial charge in [0.05, 0.1) is 0 Å². The molecular formula is C7H9ClF3NS. The van der Waals surface area contributed by atoms with Crippen molar-refractivity contribution >= 4 is 23.7 Å². The Balaban J connectivity index is 0.00000144. The minimum atomic E-state index is -4.29. The van der Waals surface area contributed by atoms with Gasteiger partial charge in [-0.15, -0.1) is 12.4 Å². The summed E-state index contributed by atoms with van der Waals surface area (Å²) in [4.78, 5) is 0. The highest BCUT2D eigenvalue weighted by Gasteiger charge is 2.36. The number of hydrogen-bond acceptors (Lipinski definition) is 2. The van der Waals surface area contributed by atoms with Gasteiger partial charge >= 0.3 is 6.18 Å². The summed E-state index contributed by atoms with van der Waals surface area (Å²) in [6.07, 6.45) is -4.42. The molecule has 1 unspecified atom stereocenters. The largest absolute Gasteiger partial charge is 0.403 e. The summed E-state index contributed by atoms with van der Waals surface area (Å²) in [5.41, 5.74) is 5.56. The number of halogens is 4. The molecule has 6 heteroatoms. The molecule has 1 atom stereocenters. The zero-order valence-corrected chi connectivity index (χ0v) is 8.18. The first kappa shape index (κ1) is 12.7. The van der Waals surface area contributed by atoms with Gasteiger partial charge in [0.2, 0.25) is 0 Å². The van der Waals surface area contributed by atoms with Crippen molar-refractivity contribution < 1.29 is 13.2 Å². The Morgan fingerprint density at radius 1 is 1.46 bits per heavy atom. The van der Waals surface area contributed by atoms with Crippen LogP contribution < -0.4 is 5.73 Å². The van der Waals surface area contributed by atoms with E-state index in [1.807, 2.05) is 0 Å². The molecular weight excluding hydrogens is 223 g/mol. The highest BCUT2D eigenvalue weighted by atomic mass is 35.5. The predicted octanol–water partition coefficient (Wildman–Crippen LogP) is 2.60. The third-order valence-corrected chi connectivity index (χ3v) is 2.19. The van der Waals surface area contributed by atoms with Crippen LogP contribution in [0.5, 0.6) is 0 Å². The summed E-state index contributed by atoms with van der Waals surface area (Å²) >= 11 is 1.37. The van der Waals surface area contributed by atoms with Crippen LogP contribution in [0, 0.1) is 0 Å².